The molecule has 0 saturated heterocycles. The molecule has 3 nitrogen and oxygen atoms in total. The molecule has 134 valence electrons. The fourth-order valence-electron chi connectivity index (χ4n) is 3.15. The monoisotopic (exact) mass is 373 g/mol. The van der Waals surface area contributed by atoms with Gasteiger partial charge in [0.25, 0.3) is 0 Å². The Morgan fingerprint density at radius 1 is 0.852 bits per heavy atom. The van der Waals surface area contributed by atoms with E-state index in [2.05, 4.69) is 29.2 Å². The van der Waals surface area contributed by atoms with E-state index in [1.54, 1.807) is 11.3 Å². The van der Waals surface area contributed by atoms with Gasteiger partial charge in [-0.1, -0.05) is 72.8 Å². The molecule has 0 N–H and O–H groups in total. The summed E-state index contributed by atoms with van der Waals surface area (Å²) in [6, 6.07) is 28.1. The van der Waals surface area contributed by atoms with Gasteiger partial charge in [0.05, 0.1) is 16.6 Å². The van der Waals surface area contributed by atoms with Crippen molar-refractivity contribution in [3.63, 3.8) is 0 Å². The van der Waals surface area contributed by atoms with Crippen molar-refractivity contribution in [2.75, 3.05) is 0 Å². The first-order valence-electron chi connectivity index (χ1n) is 8.89. The number of carbonyl (C=O) groups excluding carboxylic acids is 1. The van der Waals surface area contributed by atoms with Crippen molar-refractivity contribution >= 4 is 27.5 Å². The molecule has 0 spiro atoms. The molecule has 0 aliphatic carbocycles. The maximum absolute atomic E-state index is 12.5. The van der Waals surface area contributed by atoms with Crippen LogP contribution in [0.4, 0.5) is 0 Å². The maximum Gasteiger partial charge on any atom is 0.307 e. The SMILES string of the molecule is O=C(CC(c1ccccc1)c1ccccc1)OCc1nc2ccccc2s1. The number of rotatable bonds is 6. The summed E-state index contributed by atoms with van der Waals surface area (Å²) in [5.41, 5.74) is 3.17. The second kappa shape index (κ2) is 8.14. The normalized spacial score (nSPS) is 11.0. The van der Waals surface area contributed by atoms with Gasteiger partial charge in [-0.25, -0.2) is 4.98 Å². The van der Waals surface area contributed by atoms with Crippen LogP contribution < -0.4 is 0 Å². The smallest absolute Gasteiger partial charge is 0.307 e. The summed E-state index contributed by atoms with van der Waals surface area (Å²) in [6.07, 6.45) is 0.304. The first-order chi connectivity index (χ1) is 13.3. The summed E-state index contributed by atoms with van der Waals surface area (Å²) >= 11 is 1.56. The van der Waals surface area contributed by atoms with Crippen LogP contribution in [-0.4, -0.2) is 11.0 Å². The Balaban J connectivity index is 1.47. The van der Waals surface area contributed by atoms with Crippen molar-refractivity contribution in [1.82, 2.24) is 4.98 Å². The highest BCUT2D eigenvalue weighted by Gasteiger charge is 2.19. The molecular weight excluding hydrogens is 354 g/mol. The number of esters is 1. The molecule has 0 bridgehead atoms. The molecule has 0 atom stereocenters. The van der Waals surface area contributed by atoms with Gasteiger partial charge in [-0.05, 0) is 23.3 Å². The predicted octanol–water partition coefficient (Wildman–Crippen LogP) is 5.56. The molecule has 3 aromatic carbocycles. The first-order valence-corrected chi connectivity index (χ1v) is 9.71. The highest BCUT2D eigenvalue weighted by molar-refractivity contribution is 7.18. The highest BCUT2D eigenvalue weighted by Crippen LogP contribution is 2.29. The van der Waals surface area contributed by atoms with Crippen LogP contribution in [0.25, 0.3) is 10.2 Å². The Morgan fingerprint density at radius 3 is 2.07 bits per heavy atom. The van der Waals surface area contributed by atoms with Gasteiger partial charge in [0.15, 0.2) is 0 Å². The van der Waals surface area contributed by atoms with Crippen LogP contribution in [0.3, 0.4) is 0 Å². The molecule has 27 heavy (non-hydrogen) atoms. The molecular formula is C23H19NO2S. The van der Waals surface area contributed by atoms with Gasteiger partial charge >= 0.3 is 5.97 Å². The van der Waals surface area contributed by atoms with E-state index in [0.717, 1.165) is 26.4 Å². The molecule has 0 aliphatic heterocycles. The number of nitrogens with zero attached hydrogens (tertiary/aromatic N) is 1. The van der Waals surface area contributed by atoms with Gasteiger partial charge in [0.2, 0.25) is 0 Å². The number of ether oxygens (including phenoxy) is 1. The minimum atomic E-state index is -0.216. The number of aromatic nitrogens is 1. The number of fused-ring (bicyclic) bond motifs is 1. The van der Waals surface area contributed by atoms with Gasteiger partial charge in [0.1, 0.15) is 11.6 Å². The lowest BCUT2D eigenvalue weighted by Gasteiger charge is -2.17. The minimum absolute atomic E-state index is 0.0183. The van der Waals surface area contributed by atoms with E-state index in [-0.39, 0.29) is 18.5 Å². The van der Waals surface area contributed by atoms with E-state index in [1.807, 2.05) is 60.7 Å². The zero-order valence-electron chi connectivity index (χ0n) is 14.7. The lowest BCUT2D eigenvalue weighted by molar-refractivity contribution is -0.145. The van der Waals surface area contributed by atoms with Crippen molar-refractivity contribution in [2.24, 2.45) is 0 Å². The van der Waals surface area contributed by atoms with Gasteiger partial charge in [0, 0.05) is 5.92 Å². The van der Waals surface area contributed by atoms with Crippen molar-refractivity contribution < 1.29 is 9.53 Å². The Bertz CT molecular complexity index is 955. The van der Waals surface area contributed by atoms with Crippen molar-refractivity contribution in [3.8, 4) is 0 Å². The molecule has 1 aromatic heterocycles. The zero-order chi connectivity index (χ0) is 18.5. The van der Waals surface area contributed by atoms with E-state index >= 15 is 0 Å². The van der Waals surface area contributed by atoms with Crippen LogP contribution in [0.15, 0.2) is 84.9 Å². The van der Waals surface area contributed by atoms with Crippen molar-refractivity contribution in [3.05, 3.63) is 101 Å². The first kappa shape index (κ1) is 17.4. The summed E-state index contributed by atoms with van der Waals surface area (Å²) in [6.45, 7) is 0.217. The number of para-hydroxylation sites is 1. The number of hydrogen-bond donors (Lipinski definition) is 0. The molecule has 0 saturated carbocycles. The van der Waals surface area contributed by atoms with Crippen LogP contribution in [0, 0.1) is 0 Å². The Morgan fingerprint density at radius 2 is 1.44 bits per heavy atom. The number of carbonyl (C=O) groups is 1. The molecule has 4 aromatic rings. The molecule has 4 rings (SSSR count). The summed E-state index contributed by atoms with van der Waals surface area (Å²) in [7, 11) is 0. The molecule has 0 fully saturated rings. The fraction of sp³-hybridized carbons (Fsp3) is 0.130. The van der Waals surface area contributed by atoms with E-state index in [0.29, 0.717) is 6.42 Å². The Labute approximate surface area is 162 Å². The molecule has 0 aliphatic rings. The molecule has 1 heterocycles. The maximum atomic E-state index is 12.5. The molecule has 0 unspecified atom stereocenters. The van der Waals surface area contributed by atoms with E-state index in [4.69, 9.17) is 4.74 Å². The van der Waals surface area contributed by atoms with Gasteiger partial charge < -0.3 is 4.74 Å². The summed E-state index contributed by atoms with van der Waals surface area (Å²) < 4.78 is 6.65. The average Bonchev–Trinajstić information content (AvgIpc) is 3.15. The van der Waals surface area contributed by atoms with Crippen LogP contribution in [0.2, 0.25) is 0 Å². The molecule has 0 radical (unpaired) electrons. The van der Waals surface area contributed by atoms with E-state index in [9.17, 15) is 4.79 Å². The lowest BCUT2D eigenvalue weighted by atomic mass is 9.89. The predicted molar refractivity (Wildman–Crippen MR) is 109 cm³/mol. The largest absolute Gasteiger partial charge is 0.458 e. The van der Waals surface area contributed by atoms with Crippen molar-refractivity contribution in [2.45, 2.75) is 18.9 Å². The number of hydrogen-bond acceptors (Lipinski definition) is 4. The second-order valence-electron chi connectivity index (χ2n) is 6.31. The zero-order valence-corrected chi connectivity index (χ0v) is 15.6. The quantitative estimate of drug-likeness (QED) is 0.415. The molecule has 0 amide bonds. The molecule has 4 heteroatoms. The Hall–Kier alpha value is -2.98. The average molecular weight is 373 g/mol. The number of thiazole rings is 1. The summed E-state index contributed by atoms with van der Waals surface area (Å²) in [5.74, 6) is -0.234. The standard InChI is InChI=1S/C23H19NO2S/c25-23(26-16-22-24-20-13-7-8-14-21(20)27-22)15-19(17-9-3-1-4-10-17)18-11-5-2-6-12-18/h1-14,19H,15-16H2. The topological polar surface area (TPSA) is 39.2 Å². The second-order valence-corrected chi connectivity index (χ2v) is 7.43. The Kier molecular flexibility index (Phi) is 5.26. The summed E-state index contributed by atoms with van der Waals surface area (Å²) in [4.78, 5) is 17.1. The third-order valence-electron chi connectivity index (χ3n) is 4.47. The fourth-order valence-corrected chi connectivity index (χ4v) is 4.03. The number of benzene rings is 3. The third-order valence-corrected chi connectivity index (χ3v) is 5.48. The van der Waals surface area contributed by atoms with Gasteiger partial charge in [-0.3, -0.25) is 4.79 Å². The third kappa shape index (κ3) is 4.23. The van der Waals surface area contributed by atoms with Crippen molar-refractivity contribution in [1.29, 1.82) is 0 Å². The van der Waals surface area contributed by atoms with Crippen LogP contribution in [0.5, 0.6) is 0 Å². The highest BCUT2D eigenvalue weighted by atomic mass is 32.1. The van der Waals surface area contributed by atoms with E-state index < -0.39 is 0 Å². The van der Waals surface area contributed by atoms with Gasteiger partial charge in [-0.2, -0.15) is 0 Å². The van der Waals surface area contributed by atoms with E-state index in [1.165, 1.54) is 0 Å². The van der Waals surface area contributed by atoms with Crippen LogP contribution in [0.1, 0.15) is 28.5 Å². The minimum Gasteiger partial charge on any atom is -0.458 e. The lowest BCUT2D eigenvalue weighted by Crippen LogP contribution is -2.11. The van der Waals surface area contributed by atoms with Crippen LogP contribution in [-0.2, 0) is 16.1 Å². The van der Waals surface area contributed by atoms with Gasteiger partial charge in [-0.15, -0.1) is 11.3 Å². The summed E-state index contributed by atoms with van der Waals surface area (Å²) in [5, 5.41) is 0.820. The van der Waals surface area contributed by atoms with Crippen LogP contribution >= 0.6 is 11.3 Å².